The van der Waals surface area contributed by atoms with Crippen molar-refractivity contribution in [2.75, 3.05) is 5.75 Å². The molecule has 1 saturated heterocycles. The zero-order valence-corrected chi connectivity index (χ0v) is 14.7. The molecule has 4 rings (SSSR count). The van der Waals surface area contributed by atoms with Crippen LogP contribution in [0, 0.1) is 0 Å². The van der Waals surface area contributed by atoms with Gasteiger partial charge < -0.3 is 10.8 Å². The van der Waals surface area contributed by atoms with Gasteiger partial charge in [0.2, 0.25) is 11.4 Å². The average molecular weight is 368 g/mol. The summed E-state index contributed by atoms with van der Waals surface area (Å²) in [5.74, 6) is -0.887. The van der Waals surface area contributed by atoms with Crippen LogP contribution in [-0.2, 0) is 16.1 Å². The molecule has 1 aromatic carbocycles. The molecular weight excluding hydrogens is 350 g/mol. The number of amides is 1. The normalized spacial score (nSPS) is 22.7. The molecule has 0 aliphatic carbocycles. The fourth-order valence-corrected chi connectivity index (χ4v) is 4.62. The van der Waals surface area contributed by atoms with E-state index >= 15 is 0 Å². The summed E-state index contributed by atoms with van der Waals surface area (Å²) in [6.45, 7) is 0.610. The van der Waals surface area contributed by atoms with E-state index in [1.807, 2.05) is 36.5 Å². The zero-order valence-electron chi connectivity index (χ0n) is 13.9. The van der Waals surface area contributed by atoms with Crippen LogP contribution in [-0.4, -0.2) is 39.1 Å². The first kappa shape index (κ1) is 16.8. The molecule has 3 N–H and O–H groups in total. The van der Waals surface area contributed by atoms with Crippen LogP contribution in [0.1, 0.15) is 0 Å². The maximum Gasteiger partial charge on any atom is 0.352 e. The summed E-state index contributed by atoms with van der Waals surface area (Å²) >= 11 is 1.50. The van der Waals surface area contributed by atoms with E-state index in [-0.39, 0.29) is 17.0 Å². The molecule has 0 bridgehead atoms. The number of carbonyl (C=O) groups excluding carboxylic acids is 1. The number of β-lactam (4-membered cyclic amide) rings is 1. The van der Waals surface area contributed by atoms with Crippen LogP contribution in [0.25, 0.3) is 10.9 Å². The summed E-state index contributed by atoms with van der Waals surface area (Å²) in [4.78, 5) is 24.9. The lowest BCUT2D eigenvalue weighted by atomic mass is 10.0. The van der Waals surface area contributed by atoms with E-state index in [2.05, 4.69) is 16.7 Å². The molecule has 6 nitrogen and oxygen atoms in total. The Labute approximate surface area is 154 Å². The number of hydrogen-bond acceptors (Lipinski definition) is 4. The van der Waals surface area contributed by atoms with Crippen molar-refractivity contribution in [2.45, 2.75) is 18.0 Å². The van der Waals surface area contributed by atoms with Crippen LogP contribution in [0.2, 0.25) is 0 Å². The van der Waals surface area contributed by atoms with Gasteiger partial charge in [-0.2, -0.15) is 4.57 Å². The number of fused-ring (bicyclic) bond motifs is 2. The number of benzene rings is 1. The van der Waals surface area contributed by atoms with Crippen LogP contribution in [0.5, 0.6) is 0 Å². The van der Waals surface area contributed by atoms with Crippen LogP contribution < -0.4 is 10.3 Å². The minimum absolute atomic E-state index is 0.0552. The molecule has 2 aliphatic heterocycles. The quantitative estimate of drug-likeness (QED) is 0.627. The van der Waals surface area contributed by atoms with Crippen LogP contribution >= 0.6 is 11.8 Å². The van der Waals surface area contributed by atoms with Crippen molar-refractivity contribution in [2.24, 2.45) is 5.73 Å². The maximum absolute atomic E-state index is 12.0. The number of carbonyl (C=O) groups is 2. The second-order valence-electron chi connectivity index (χ2n) is 6.24. The smallest absolute Gasteiger partial charge is 0.352 e. The predicted octanol–water partition coefficient (Wildman–Crippen LogP) is 1.26. The van der Waals surface area contributed by atoms with Gasteiger partial charge in [-0.3, -0.25) is 9.69 Å². The number of rotatable bonds is 4. The van der Waals surface area contributed by atoms with Crippen LogP contribution in [0.3, 0.4) is 0 Å². The molecule has 0 spiro atoms. The molecule has 0 saturated carbocycles. The van der Waals surface area contributed by atoms with Gasteiger partial charge in [0, 0.05) is 23.3 Å². The summed E-state index contributed by atoms with van der Waals surface area (Å²) in [6.07, 6.45) is 5.72. The lowest BCUT2D eigenvalue weighted by molar-refractivity contribution is -0.661. The number of hydrogen-bond donors (Lipinski definition) is 2. The van der Waals surface area contributed by atoms with Gasteiger partial charge in [-0.05, 0) is 23.8 Å². The third-order valence-corrected chi connectivity index (χ3v) is 5.97. The molecule has 2 atom stereocenters. The minimum Gasteiger partial charge on any atom is -0.477 e. The molecule has 2 aromatic rings. The van der Waals surface area contributed by atoms with Crippen molar-refractivity contribution in [1.29, 1.82) is 0 Å². The largest absolute Gasteiger partial charge is 0.477 e. The Hall–Kier alpha value is -2.64. The van der Waals surface area contributed by atoms with Gasteiger partial charge in [0.1, 0.15) is 17.1 Å². The van der Waals surface area contributed by atoms with Gasteiger partial charge in [-0.15, -0.1) is 11.8 Å². The molecule has 0 unspecified atom stereocenters. The van der Waals surface area contributed by atoms with Crippen molar-refractivity contribution in [3.05, 3.63) is 66.0 Å². The van der Waals surface area contributed by atoms with Gasteiger partial charge in [0.15, 0.2) is 12.7 Å². The number of pyridine rings is 1. The Balaban J connectivity index is 1.61. The third kappa shape index (κ3) is 2.69. The van der Waals surface area contributed by atoms with E-state index < -0.39 is 12.0 Å². The molecule has 3 heterocycles. The lowest BCUT2D eigenvalue weighted by Crippen LogP contribution is -2.68. The number of carboxylic acids is 1. The van der Waals surface area contributed by atoms with Crippen molar-refractivity contribution in [3.63, 3.8) is 0 Å². The Morgan fingerprint density at radius 3 is 2.92 bits per heavy atom. The van der Waals surface area contributed by atoms with Crippen LogP contribution in [0.4, 0.5) is 0 Å². The summed E-state index contributed by atoms with van der Waals surface area (Å²) in [5.41, 5.74) is 7.56. The van der Waals surface area contributed by atoms with E-state index in [0.29, 0.717) is 17.9 Å². The molecule has 0 radical (unpaired) electrons. The number of nitrogens with two attached hydrogens (primary N) is 1. The monoisotopic (exact) mass is 368 g/mol. The number of allylic oxidation sites excluding steroid dienone is 2. The van der Waals surface area contributed by atoms with Crippen molar-refractivity contribution < 1.29 is 19.3 Å². The highest BCUT2D eigenvalue weighted by atomic mass is 32.2. The third-order valence-electron chi connectivity index (χ3n) is 4.65. The van der Waals surface area contributed by atoms with Crippen molar-refractivity contribution in [3.8, 4) is 0 Å². The Bertz CT molecular complexity index is 964. The van der Waals surface area contributed by atoms with Gasteiger partial charge >= 0.3 is 5.97 Å². The molecule has 1 fully saturated rings. The SMILES string of the molecule is N[C@@H]1C(=O)N2C(C(=O)O)=C(C=CC[n+]3cccc4ccccc43)CS[C@H]12. The molecule has 1 amide bonds. The highest BCUT2D eigenvalue weighted by molar-refractivity contribution is 8.00. The van der Waals surface area contributed by atoms with Gasteiger partial charge in [0.25, 0.3) is 0 Å². The summed E-state index contributed by atoms with van der Waals surface area (Å²) in [7, 11) is 0. The second kappa shape index (κ2) is 6.59. The highest BCUT2D eigenvalue weighted by Gasteiger charge is 2.51. The van der Waals surface area contributed by atoms with Gasteiger partial charge in [-0.1, -0.05) is 18.2 Å². The minimum atomic E-state index is -1.09. The highest BCUT2D eigenvalue weighted by Crippen LogP contribution is 2.39. The van der Waals surface area contributed by atoms with Crippen molar-refractivity contribution >= 4 is 34.5 Å². The number of aliphatic carboxylic acids is 1. The van der Waals surface area contributed by atoms with Crippen molar-refractivity contribution in [1.82, 2.24) is 4.90 Å². The zero-order chi connectivity index (χ0) is 18.3. The molecular formula is C19H18N3O3S+. The summed E-state index contributed by atoms with van der Waals surface area (Å²) in [5, 5.41) is 10.4. The van der Waals surface area contributed by atoms with Crippen LogP contribution in [0.15, 0.2) is 66.0 Å². The standard InChI is InChI=1S/C19H17N3O3S/c20-15-17(23)22-16(19(24)25)13(11-26-18(15)22)7-4-10-21-9-3-6-12-5-1-2-8-14(12)21/h1-9,15,18H,10-11,20H2/p+1/t15-,18-/m1/s1. The molecule has 7 heteroatoms. The fraction of sp³-hybridized carbons (Fsp3) is 0.211. The predicted molar refractivity (Wildman–Crippen MR) is 99.0 cm³/mol. The van der Waals surface area contributed by atoms with E-state index in [9.17, 15) is 14.7 Å². The Morgan fingerprint density at radius 1 is 1.35 bits per heavy atom. The first-order valence-corrected chi connectivity index (χ1v) is 9.33. The summed E-state index contributed by atoms with van der Waals surface area (Å²) in [6, 6.07) is 11.5. The average Bonchev–Trinajstić information content (AvgIpc) is 2.66. The van der Waals surface area contributed by atoms with E-state index in [1.165, 1.54) is 16.7 Å². The van der Waals surface area contributed by atoms with E-state index in [4.69, 9.17) is 5.73 Å². The first-order chi connectivity index (χ1) is 12.6. The molecule has 26 heavy (non-hydrogen) atoms. The second-order valence-corrected chi connectivity index (χ2v) is 7.34. The molecule has 2 aliphatic rings. The number of para-hydroxylation sites is 1. The topological polar surface area (TPSA) is 87.5 Å². The van der Waals surface area contributed by atoms with Gasteiger partial charge in [0.05, 0.1) is 0 Å². The maximum atomic E-state index is 12.0. The Kier molecular flexibility index (Phi) is 4.26. The lowest BCUT2D eigenvalue weighted by Gasteiger charge is -2.47. The molecule has 1 aromatic heterocycles. The number of thioether (sulfide) groups is 1. The van der Waals surface area contributed by atoms with Gasteiger partial charge in [-0.25, -0.2) is 4.79 Å². The number of nitrogens with zero attached hydrogens (tertiary/aromatic N) is 2. The van der Waals surface area contributed by atoms with E-state index in [1.54, 1.807) is 6.08 Å². The Morgan fingerprint density at radius 2 is 2.12 bits per heavy atom. The summed E-state index contributed by atoms with van der Waals surface area (Å²) < 4.78 is 2.09. The molecule has 132 valence electrons. The number of aromatic nitrogens is 1. The number of carboxylic acid groups (broad SMARTS) is 1. The fourth-order valence-electron chi connectivity index (χ4n) is 3.36. The van der Waals surface area contributed by atoms with E-state index in [0.717, 1.165) is 10.9 Å². The first-order valence-electron chi connectivity index (χ1n) is 8.28.